The van der Waals surface area contributed by atoms with E-state index < -0.39 is 0 Å². The summed E-state index contributed by atoms with van der Waals surface area (Å²) in [7, 11) is 4.27. The lowest BCUT2D eigenvalue weighted by molar-refractivity contribution is 0.113. The second-order valence-electron chi connectivity index (χ2n) is 5.23. The number of halogens is 1. The lowest BCUT2D eigenvalue weighted by Crippen LogP contribution is -2.51. The van der Waals surface area contributed by atoms with Crippen molar-refractivity contribution in [2.24, 2.45) is 0 Å². The summed E-state index contributed by atoms with van der Waals surface area (Å²) in [4.78, 5) is 23.9. The van der Waals surface area contributed by atoms with E-state index in [2.05, 4.69) is 49.8 Å². The van der Waals surface area contributed by atoms with Crippen LogP contribution in [0.15, 0.2) is 9.27 Å². The number of nitrogens with zero attached hydrogens (tertiary/aromatic N) is 3. The molecule has 0 radical (unpaired) electrons. The third-order valence-electron chi connectivity index (χ3n) is 3.72. The monoisotopic (exact) mass is 328 g/mol. The Bertz CT molecular complexity index is 502. The number of H-pyrrole nitrogens is 1. The van der Waals surface area contributed by atoms with Crippen molar-refractivity contribution in [3.05, 3.63) is 26.3 Å². The van der Waals surface area contributed by atoms with Crippen LogP contribution in [0.2, 0.25) is 0 Å². The van der Waals surface area contributed by atoms with Gasteiger partial charge in [0.25, 0.3) is 5.56 Å². The molecule has 1 saturated heterocycles. The first-order valence-electron chi connectivity index (χ1n) is 6.67. The van der Waals surface area contributed by atoms with Gasteiger partial charge in [0.15, 0.2) is 0 Å². The molecule has 2 rings (SSSR count). The molecule has 106 valence electrons. The van der Waals surface area contributed by atoms with Crippen LogP contribution < -0.4 is 5.56 Å². The van der Waals surface area contributed by atoms with Gasteiger partial charge in [-0.25, -0.2) is 4.98 Å². The summed E-state index contributed by atoms with van der Waals surface area (Å²) >= 11 is 3.30. The highest BCUT2D eigenvalue weighted by molar-refractivity contribution is 9.10. The number of aromatic nitrogens is 2. The maximum Gasteiger partial charge on any atom is 0.265 e. The first-order chi connectivity index (χ1) is 9.01. The maximum absolute atomic E-state index is 11.8. The molecule has 6 heteroatoms. The molecule has 19 heavy (non-hydrogen) atoms. The fraction of sp³-hybridized carbons (Fsp3) is 0.692. The Kier molecular flexibility index (Phi) is 4.76. The third-order valence-corrected chi connectivity index (χ3v) is 4.54. The van der Waals surface area contributed by atoms with Gasteiger partial charge in [0.1, 0.15) is 10.3 Å². The standard InChI is InChI=1S/C13H21BrN4O/c1-4-10-12(14)13(19)16-11(15-10)7-9-8-17(2)5-6-18(9)3/h9H,4-8H2,1-3H3,(H,15,16,19). The molecule has 0 spiro atoms. The number of hydrogen-bond acceptors (Lipinski definition) is 4. The van der Waals surface area contributed by atoms with E-state index in [1.165, 1.54) is 0 Å². The number of aryl methyl sites for hydroxylation is 1. The molecule has 0 aliphatic carbocycles. The molecule has 1 fully saturated rings. The molecule has 5 nitrogen and oxygen atoms in total. The average Bonchev–Trinajstić information content (AvgIpc) is 2.38. The lowest BCUT2D eigenvalue weighted by atomic mass is 10.1. The summed E-state index contributed by atoms with van der Waals surface area (Å²) in [5.41, 5.74) is 0.763. The zero-order valence-electron chi connectivity index (χ0n) is 11.7. The smallest absolute Gasteiger partial charge is 0.265 e. The van der Waals surface area contributed by atoms with E-state index in [1.54, 1.807) is 0 Å². The van der Waals surface area contributed by atoms with E-state index in [0.717, 1.165) is 44.0 Å². The second-order valence-corrected chi connectivity index (χ2v) is 6.02. The molecule has 1 aromatic heterocycles. The van der Waals surface area contributed by atoms with E-state index in [4.69, 9.17) is 0 Å². The molecule has 0 saturated carbocycles. The summed E-state index contributed by atoms with van der Waals surface area (Å²) < 4.78 is 0.563. The maximum atomic E-state index is 11.8. The van der Waals surface area contributed by atoms with Gasteiger partial charge in [0.2, 0.25) is 0 Å². The van der Waals surface area contributed by atoms with Crippen LogP contribution in [0.4, 0.5) is 0 Å². The summed E-state index contributed by atoms with van der Waals surface area (Å²) in [6.45, 7) is 5.18. The fourth-order valence-electron chi connectivity index (χ4n) is 2.43. The van der Waals surface area contributed by atoms with E-state index in [1.807, 2.05) is 6.92 Å². The van der Waals surface area contributed by atoms with Gasteiger partial charge in [-0.1, -0.05) is 6.92 Å². The second kappa shape index (κ2) is 6.15. The molecular formula is C13H21BrN4O. The van der Waals surface area contributed by atoms with E-state index in [9.17, 15) is 4.79 Å². The van der Waals surface area contributed by atoms with Gasteiger partial charge in [0.05, 0.1) is 5.69 Å². The van der Waals surface area contributed by atoms with Gasteiger partial charge < -0.3 is 14.8 Å². The van der Waals surface area contributed by atoms with Crippen LogP contribution in [-0.4, -0.2) is 59.5 Å². The number of hydrogen-bond donors (Lipinski definition) is 1. The van der Waals surface area contributed by atoms with Crippen molar-refractivity contribution in [1.29, 1.82) is 0 Å². The van der Waals surface area contributed by atoms with Crippen molar-refractivity contribution in [2.75, 3.05) is 33.7 Å². The average molecular weight is 329 g/mol. The predicted octanol–water partition coefficient (Wildman–Crippen LogP) is 0.883. The first kappa shape index (κ1) is 14.7. The van der Waals surface area contributed by atoms with Gasteiger partial charge in [0, 0.05) is 32.1 Å². The minimum Gasteiger partial charge on any atom is -0.310 e. The van der Waals surface area contributed by atoms with Crippen LogP contribution >= 0.6 is 15.9 Å². The Morgan fingerprint density at radius 2 is 2.16 bits per heavy atom. The van der Waals surface area contributed by atoms with Gasteiger partial charge in [-0.2, -0.15) is 0 Å². The van der Waals surface area contributed by atoms with Crippen LogP contribution in [0.25, 0.3) is 0 Å². The highest BCUT2D eigenvalue weighted by Crippen LogP contribution is 2.13. The predicted molar refractivity (Wildman–Crippen MR) is 79.6 cm³/mol. The van der Waals surface area contributed by atoms with E-state index >= 15 is 0 Å². The lowest BCUT2D eigenvalue weighted by Gasteiger charge is -2.37. The highest BCUT2D eigenvalue weighted by atomic mass is 79.9. The zero-order chi connectivity index (χ0) is 14.0. The summed E-state index contributed by atoms with van der Waals surface area (Å²) in [6, 6.07) is 0.410. The summed E-state index contributed by atoms with van der Waals surface area (Å²) in [6.07, 6.45) is 1.55. The fourth-order valence-corrected chi connectivity index (χ4v) is 2.90. The van der Waals surface area contributed by atoms with Gasteiger partial charge in [-0.3, -0.25) is 4.79 Å². The quantitative estimate of drug-likeness (QED) is 0.895. The molecule has 1 aliphatic rings. The van der Waals surface area contributed by atoms with Crippen LogP contribution in [0.5, 0.6) is 0 Å². The largest absolute Gasteiger partial charge is 0.310 e. The Morgan fingerprint density at radius 3 is 2.84 bits per heavy atom. The Balaban J connectivity index is 2.18. The minimum atomic E-state index is -0.0753. The topological polar surface area (TPSA) is 52.2 Å². The molecule has 0 bridgehead atoms. The van der Waals surface area contributed by atoms with Crippen LogP contribution in [0.1, 0.15) is 18.4 Å². The highest BCUT2D eigenvalue weighted by Gasteiger charge is 2.23. The molecular weight excluding hydrogens is 308 g/mol. The molecule has 2 heterocycles. The third kappa shape index (κ3) is 3.43. The summed E-state index contributed by atoms with van der Waals surface area (Å²) in [5, 5.41) is 0. The Labute approximate surface area is 122 Å². The Hall–Kier alpha value is -0.720. The summed E-state index contributed by atoms with van der Waals surface area (Å²) in [5.74, 6) is 0.789. The van der Waals surface area contributed by atoms with Gasteiger partial charge >= 0.3 is 0 Å². The van der Waals surface area contributed by atoms with Crippen molar-refractivity contribution >= 4 is 15.9 Å². The molecule has 1 N–H and O–H groups in total. The van der Waals surface area contributed by atoms with Crippen molar-refractivity contribution in [2.45, 2.75) is 25.8 Å². The van der Waals surface area contributed by atoms with E-state index in [0.29, 0.717) is 10.5 Å². The molecule has 1 aliphatic heterocycles. The van der Waals surface area contributed by atoms with E-state index in [-0.39, 0.29) is 5.56 Å². The van der Waals surface area contributed by atoms with Crippen LogP contribution in [-0.2, 0) is 12.8 Å². The SMILES string of the molecule is CCc1nc(CC2CN(C)CCN2C)[nH]c(=O)c1Br. The molecule has 1 unspecified atom stereocenters. The number of rotatable bonds is 3. The van der Waals surface area contributed by atoms with Gasteiger partial charge in [-0.05, 0) is 36.4 Å². The van der Waals surface area contributed by atoms with Crippen molar-refractivity contribution in [3.63, 3.8) is 0 Å². The van der Waals surface area contributed by atoms with Crippen LogP contribution in [0, 0.1) is 0 Å². The van der Waals surface area contributed by atoms with Gasteiger partial charge in [-0.15, -0.1) is 0 Å². The Morgan fingerprint density at radius 1 is 1.42 bits per heavy atom. The molecule has 0 aromatic carbocycles. The minimum absolute atomic E-state index is 0.0753. The molecule has 1 aromatic rings. The first-order valence-corrected chi connectivity index (χ1v) is 7.47. The number of piperazine rings is 1. The molecule has 1 atom stereocenters. The normalized spacial score (nSPS) is 21.8. The molecule has 0 amide bonds. The number of nitrogens with one attached hydrogen (secondary N) is 1. The van der Waals surface area contributed by atoms with Crippen molar-refractivity contribution in [1.82, 2.24) is 19.8 Å². The number of aromatic amines is 1. The number of likely N-dealkylation sites (N-methyl/N-ethyl adjacent to an activating group) is 2. The van der Waals surface area contributed by atoms with Crippen molar-refractivity contribution in [3.8, 4) is 0 Å². The van der Waals surface area contributed by atoms with Crippen LogP contribution in [0.3, 0.4) is 0 Å². The van der Waals surface area contributed by atoms with Crippen molar-refractivity contribution < 1.29 is 0 Å². The zero-order valence-corrected chi connectivity index (χ0v) is 13.3.